The molecular formula is C10H20N2O2Sn+2. The second kappa shape index (κ2) is 7.96. The molecule has 15 heavy (non-hydrogen) atoms. The summed E-state index contributed by atoms with van der Waals surface area (Å²) in [6.07, 6.45) is 1.32. The first-order valence-corrected chi connectivity index (χ1v) is 9.09. The van der Waals surface area contributed by atoms with Crippen LogP contribution in [0.5, 0.6) is 0 Å². The van der Waals surface area contributed by atoms with Crippen molar-refractivity contribution in [1.29, 1.82) is 0 Å². The molecule has 5 heteroatoms. The number of nitrogens with zero attached hydrogens (tertiary/aromatic N) is 2. The number of hydrogen-bond acceptors (Lipinski definition) is 2. The van der Waals surface area contributed by atoms with E-state index in [0.717, 1.165) is 8.87 Å². The molecule has 4 nitrogen and oxygen atoms in total. The minimum atomic E-state index is -0.497. The van der Waals surface area contributed by atoms with Crippen LogP contribution in [-0.4, -0.2) is 70.9 Å². The third kappa shape index (κ3) is 7.64. The van der Waals surface area contributed by atoms with Crippen LogP contribution in [0, 0.1) is 0 Å². The Kier molecular flexibility index (Phi) is 7.82. The summed E-state index contributed by atoms with van der Waals surface area (Å²) in [5.74, 6) is 0.407. The van der Waals surface area contributed by atoms with Crippen LogP contribution in [0.25, 0.3) is 0 Å². The molecule has 0 aromatic heterocycles. The molecule has 0 saturated carbocycles. The molecule has 0 aliphatic rings. The summed E-state index contributed by atoms with van der Waals surface area (Å²) in [5.41, 5.74) is 0. The standard InChI is InChI=1S/2C5H10NO.Sn/c2*1-4-5(7)6(2)3;/h2*1,4H2,2-3H3;/q;;+2. The first-order valence-electron chi connectivity index (χ1n) is 5.06. The molecule has 0 radical (unpaired) electrons. The second-order valence-corrected chi connectivity index (χ2v) is 8.11. The molecule has 0 saturated heterocycles. The minimum absolute atomic E-state index is 0.204. The Bertz CT molecular complexity index is 195. The molecule has 0 aliphatic heterocycles. The van der Waals surface area contributed by atoms with Crippen molar-refractivity contribution in [1.82, 2.24) is 9.80 Å². The molecule has 0 atom stereocenters. The van der Waals surface area contributed by atoms with Crippen LogP contribution in [0.2, 0.25) is 8.87 Å². The molecule has 0 fully saturated rings. The number of rotatable bonds is 6. The van der Waals surface area contributed by atoms with Crippen molar-refractivity contribution in [3.8, 4) is 0 Å². The van der Waals surface area contributed by atoms with Crippen LogP contribution in [-0.2, 0) is 9.59 Å². The van der Waals surface area contributed by atoms with Crippen molar-refractivity contribution in [3.63, 3.8) is 0 Å². The normalized spacial score (nSPS) is 9.33. The maximum absolute atomic E-state index is 11.2. The van der Waals surface area contributed by atoms with Gasteiger partial charge in [0.2, 0.25) is 0 Å². The summed E-state index contributed by atoms with van der Waals surface area (Å²) in [7, 11) is 7.12. The van der Waals surface area contributed by atoms with Crippen molar-refractivity contribution in [3.05, 3.63) is 0 Å². The molecule has 0 spiro atoms. The van der Waals surface area contributed by atoms with E-state index in [1.807, 2.05) is 0 Å². The first-order chi connectivity index (χ1) is 6.95. The Morgan fingerprint density at radius 3 is 1.47 bits per heavy atom. The van der Waals surface area contributed by atoms with E-state index in [9.17, 15) is 9.59 Å². The van der Waals surface area contributed by atoms with Gasteiger partial charge in [-0.1, -0.05) is 0 Å². The molecule has 0 aromatic carbocycles. The van der Waals surface area contributed by atoms with E-state index in [0.29, 0.717) is 12.8 Å². The zero-order valence-corrected chi connectivity index (χ0v) is 12.9. The molecule has 0 aliphatic carbocycles. The van der Waals surface area contributed by atoms with Crippen molar-refractivity contribution in [2.24, 2.45) is 0 Å². The second-order valence-electron chi connectivity index (χ2n) is 3.83. The molecule has 0 heterocycles. The molecule has 0 N–H and O–H groups in total. The fraction of sp³-hybridized carbons (Fsp3) is 0.800. The van der Waals surface area contributed by atoms with Crippen LogP contribution in [0.3, 0.4) is 0 Å². The van der Waals surface area contributed by atoms with Crippen LogP contribution in [0.4, 0.5) is 0 Å². The van der Waals surface area contributed by atoms with Gasteiger partial charge in [0, 0.05) is 0 Å². The summed E-state index contributed by atoms with van der Waals surface area (Å²) in [5, 5.41) is 0. The van der Waals surface area contributed by atoms with Gasteiger partial charge in [-0.05, 0) is 0 Å². The van der Waals surface area contributed by atoms with Gasteiger partial charge < -0.3 is 0 Å². The quantitative estimate of drug-likeness (QED) is 0.528. The van der Waals surface area contributed by atoms with Crippen molar-refractivity contribution in [2.45, 2.75) is 21.7 Å². The fourth-order valence-corrected chi connectivity index (χ4v) is 3.91. The van der Waals surface area contributed by atoms with Gasteiger partial charge in [-0.25, -0.2) is 0 Å². The van der Waals surface area contributed by atoms with E-state index in [1.54, 1.807) is 38.0 Å². The number of carbonyl (C=O) groups is 2. The summed E-state index contributed by atoms with van der Waals surface area (Å²) in [6.45, 7) is 0. The van der Waals surface area contributed by atoms with E-state index < -0.39 is 21.1 Å². The molecule has 2 amide bonds. The molecule has 84 valence electrons. The van der Waals surface area contributed by atoms with E-state index >= 15 is 0 Å². The molecule has 0 unspecified atom stereocenters. The zero-order chi connectivity index (χ0) is 11.8. The third-order valence-electron chi connectivity index (χ3n) is 2.03. The fourth-order valence-electron chi connectivity index (χ4n) is 0.963. The SMILES string of the molecule is CN(C)C(=O)C[CH2][Sn+2][CH2]CC(=O)N(C)C. The Morgan fingerprint density at radius 1 is 0.867 bits per heavy atom. The van der Waals surface area contributed by atoms with Crippen molar-refractivity contribution in [2.75, 3.05) is 28.2 Å². The van der Waals surface area contributed by atoms with E-state index in [-0.39, 0.29) is 11.8 Å². The zero-order valence-electron chi connectivity index (χ0n) is 10.0. The summed E-state index contributed by atoms with van der Waals surface area (Å²) in [6, 6.07) is 0. The van der Waals surface area contributed by atoms with Gasteiger partial charge in [0.15, 0.2) is 0 Å². The van der Waals surface area contributed by atoms with Gasteiger partial charge in [-0.15, -0.1) is 0 Å². The van der Waals surface area contributed by atoms with Crippen LogP contribution in [0.15, 0.2) is 0 Å². The number of hydrogen-bond donors (Lipinski definition) is 0. The van der Waals surface area contributed by atoms with Gasteiger partial charge in [0.05, 0.1) is 0 Å². The molecule has 0 bridgehead atoms. The Hall–Kier alpha value is -0.261. The average Bonchev–Trinajstić information content (AvgIpc) is 2.16. The maximum atomic E-state index is 11.2. The van der Waals surface area contributed by atoms with E-state index in [1.165, 1.54) is 0 Å². The van der Waals surface area contributed by atoms with Gasteiger partial charge >= 0.3 is 102 Å². The van der Waals surface area contributed by atoms with Crippen LogP contribution >= 0.6 is 0 Å². The number of carbonyl (C=O) groups excluding carboxylic acids is 2. The summed E-state index contributed by atoms with van der Waals surface area (Å²) < 4.78 is 2.09. The van der Waals surface area contributed by atoms with Crippen LogP contribution < -0.4 is 0 Å². The molecule has 0 aromatic rings. The number of amides is 2. The van der Waals surface area contributed by atoms with E-state index in [4.69, 9.17) is 0 Å². The van der Waals surface area contributed by atoms with Crippen molar-refractivity contribution < 1.29 is 9.59 Å². The average molecular weight is 319 g/mol. The monoisotopic (exact) mass is 320 g/mol. The third-order valence-corrected chi connectivity index (χ3v) is 5.47. The summed E-state index contributed by atoms with van der Waals surface area (Å²) >= 11 is -0.497. The van der Waals surface area contributed by atoms with E-state index in [2.05, 4.69) is 0 Å². The van der Waals surface area contributed by atoms with Gasteiger partial charge in [0.25, 0.3) is 0 Å². The summed E-state index contributed by atoms with van der Waals surface area (Å²) in [4.78, 5) is 25.7. The van der Waals surface area contributed by atoms with Crippen molar-refractivity contribution >= 4 is 33.0 Å². The molecule has 0 rings (SSSR count). The Morgan fingerprint density at radius 2 is 1.20 bits per heavy atom. The van der Waals surface area contributed by atoms with Gasteiger partial charge in [0.1, 0.15) is 0 Å². The van der Waals surface area contributed by atoms with Crippen LogP contribution in [0.1, 0.15) is 12.8 Å². The Labute approximate surface area is 102 Å². The topological polar surface area (TPSA) is 40.6 Å². The predicted octanol–water partition coefficient (Wildman–Crippen LogP) is 0.484. The van der Waals surface area contributed by atoms with Gasteiger partial charge in [-0.3, -0.25) is 0 Å². The predicted molar refractivity (Wildman–Crippen MR) is 62.0 cm³/mol. The first kappa shape index (κ1) is 14.7. The van der Waals surface area contributed by atoms with Gasteiger partial charge in [-0.2, -0.15) is 0 Å². The Balaban J connectivity index is 3.40. The molecular weight excluding hydrogens is 299 g/mol.